The molecular formula is C22H25NO6. The summed E-state index contributed by atoms with van der Waals surface area (Å²) >= 11 is 0. The molecule has 0 fully saturated rings. The fraction of sp³-hybridized carbons (Fsp3) is 0.364. The van der Waals surface area contributed by atoms with Crippen LogP contribution in [0.4, 0.5) is 0 Å². The van der Waals surface area contributed by atoms with Crippen molar-refractivity contribution in [3.63, 3.8) is 0 Å². The van der Waals surface area contributed by atoms with Gasteiger partial charge in [0, 0.05) is 18.5 Å². The van der Waals surface area contributed by atoms with E-state index in [9.17, 15) is 9.59 Å². The third-order valence-electron chi connectivity index (χ3n) is 5.04. The molecule has 154 valence electrons. The summed E-state index contributed by atoms with van der Waals surface area (Å²) in [5.41, 5.74) is 3.13. The highest BCUT2D eigenvalue weighted by Crippen LogP contribution is 2.48. The SMILES string of the molecule is COc1cc2c(c(OC)c1OC)-c1ccc(OC)c(=O)cc1C[C@@H](NC(C)=O)C2. The molecule has 0 unspecified atom stereocenters. The summed E-state index contributed by atoms with van der Waals surface area (Å²) in [6.07, 6.45) is 1.04. The zero-order valence-electron chi connectivity index (χ0n) is 17.3. The van der Waals surface area contributed by atoms with Crippen molar-refractivity contribution in [1.29, 1.82) is 0 Å². The van der Waals surface area contributed by atoms with Crippen molar-refractivity contribution >= 4 is 5.91 Å². The van der Waals surface area contributed by atoms with Crippen molar-refractivity contribution in [2.45, 2.75) is 25.8 Å². The maximum atomic E-state index is 12.6. The molecule has 0 saturated carbocycles. The second kappa shape index (κ2) is 8.43. The molecule has 7 heteroatoms. The standard InChI is InChI=1S/C22H25NO6/c1-12(24)23-15-8-13-10-17(25)18(26-2)7-6-16(13)20-14(9-15)11-19(27-3)21(28-4)22(20)29-5/h6-7,10-11,15H,8-9H2,1-5H3,(H,23,24)/t15-/m1/s1. The van der Waals surface area contributed by atoms with Crippen molar-refractivity contribution in [2.24, 2.45) is 0 Å². The number of carbonyl (C=O) groups excluding carboxylic acids is 1. The number of hydrogen-bond donors (Lipinski definition) is 1. The van der Waals surface area contributed by atoms with Gasteiger partial charge >= 0.3 is 0 Å². The molecule has 2 aromatic rings. The van der Waals surface area contributed by atoms with E-state index in [2.05, 4.69) is 5.32 Å². The van der Waals surface area contributed by atoms with Crippen LogP contribution in [0.1, 0.15) is 18.1 Å². The fourth-order valence-corrected chi connectivity index (χ4v) is 3.89. The van der Waals surface area contributed by atoms with Gasteiger partial charge in [-0.25, -0.2) is 0 Å². The molecule has 1 amide bonds. The van der Waals surface area contributed by atoms with Crippen LogP contribution in [0.5, 0.6) is 23.0 Å². The van der Waals surface area contributed by atoms with Crippen molar-refractivity contribution < 1.29 is 23.7 Å². The number of ether oxygens (including phenoxy) is 4. The molecule has 1 aliphatic rings. The van der Waals surface area contributed by atoms with Crippen LogP contribution >= 0.6 is 0 Å². The molecule has 29 heavy (non-hydrogen) atoms. The average Bonchev–Trinajstić information content (AvgIpc) is 2.92. The van der Waals surface area contributed by atoms with Crippen LogP contribution in [0.15, 0.2) is 29.1 Å². The maximum absolute atomic E-state index is 12.6. The number of amides is 1. The van der Waals surface area contributed by atoms with Gasteiger partial charge in [-0.05, 0) is 47.7 Å². The third-order valence-corrected chi connectivity index (χ3v) is 5.04. The van der Waals surface area contributed by atoms with Gasteiger partial charge in [0.2, 0.25) is 17.1 Å². The highest BCUT2D eigenvalue weighted by Gasteiger charge is 2.28. The van der Waals surface area contributed by atoms with Crippen LogP contribution in [0.25, 0.3) is 11.1 Å². The molecule has 0 radical (unpaired) electrons. The second-order valence-electron chi connectivity index (χ2n) is 6.83. The highest BCUT2D eigenvalue weighted by atomic mass is 16.5. The van der Waals surface area contributed by atoms with Gasteiger partial charge in [0.1, 0.15) is 0 Å². The van der Waals surface area contributed by atoms with Crippen LogP contribution < -0.4 is 29.7 Å². The van der Waals surface area contributed by atoms with Gasteiger partial charge in [-0.1, -0.05) is 6.07 Å². The quantitative estimate of drug-likeness (QED) is 0.831. The Morgan fingerprint density at radius 1 is 0.897 bits per heavy atom. The lowest BCUT2D eigenvalue weighted by Gasteiger charge is -2.20. The summed E-state index contributed by atoms with van der Waals surface area (Å²) in [6, 6.07) is 6.76. The Balaban J connectivity index is 2.39. The molecule has 0 spiro atoms. The molecule has 2 aromatic carbocycles. The lowest BCUT2D eigenvalue weighted by molar-refractivity contribution is -0.119. The fourth-order valence-electron chi connectivity index (χ4n) is 3.89. The minimum absolute atomic E-state index is 0.132. The van der Waals surface area contributed by atoms with Gasteiger partial charge in [-0.2, -0.15) is 0 Å². The summed E-state index contributed by atoms with van der Waals surface area (Å²) in [5.74, 6) is 1.64. The number of carbonyl (C=O) groups is 1. The van der Waals surface area contributed by atoms with Crippen molar-refractivity contribution in [1.82, 2.24) is 5.32 Å². The Bertz CT molecular complexity index is 1000. The number of rotatable bonds is 5. The van der Waals surface area contributed by atoms with Gasteiger partial charge in [0.05, 0.1) is 28.4 Å². The predicted molar refractivity (Wildman–Crippen MR) is 109 cm³/mol. The number of benzene rings is 1. The Kier molecular flexibility index (Phi) is 5.96. The summed E-state index contributed by atoms with van der Waals surface area (Å²) in [6.45, 7) is 1.48. The molecule has 7 nitrogen and oxygen atoms in total. The normalized spacial score (nSPS) is 14.7. The molecule has 1 aliphatic carbocycles. The number of fused-ring (bicyclic) bond motifs is 3. The molecule has 0 saturated heterocycles. The molecule has 0 aliphatic heterocycles. The molecule has 1 N–H and O–H groups in total. The Morgan fingerprint density at radius 2 is 1.55 bits per heavy atom. The van der Waals surface area contributed by atoms with E-state index < -0.39 is 0 Å². The van der Waals surface area contributed by atoms with Crippen molar-refractivity contribution in [3.8, 4) is 34.1 Å². The van der Waals surface area contributed by atoms with Gasteiger partial charge in [0.15, 0.2) is 17.2 Å². The zero-order valence-corrected chi connectivity index (χ0v) is 17.3. The van der Waals surface area contributed by atoms with Crippen molar-refractivity contribution in [3.05, 3.63) is 45.6 Å². The molecule has 0 aromatic heterocycles. The van der Waals surface area contributed by atoms with E-state index in [1.165, 1.54) is 14.0 Å². The number of hydrogen-bond acceptors (Lipinski definition) is 6. The van der Waals surface area contributed by atoms with Gasteiger partial charge < -0.3 is 24.3 Å². The Labute approximate surface area is 169 Å². The molecular weight excluding hydrogens is 374 g/mol. The first kappa shape index (κ1) is 20.5. The smallest absolute Gasteiger partial charge is 0.220 e. The van der Waals surface area contributed by atoms with Crippen LogP contribution in [0.2, 0.25) is 0 Å². The minimum Gasteiger partial charge on any atom is -0.493 e. The van der Waals surface area contributed by atoms with E-state index in [1.807, 2.05) is 12.1 Å². The molecule has 0 bridgehead atoms. The predicted octanol–water partition coefficient (Wildman–Crippen LogP) is 2.35. The number of methoxy groups -OCH3 is 4. The Hall–Kier alpha value is -3.22. The van der Waals surface area contributed by atoms with Crippen molar-refractivity contribution in [2.75, 3.05) is 28.4 Å². The number of nitrogens with one attached hydrogen (secondary N) is 1. The average molecular weight is 399 g/mol. The molecule has 0 heterocycles. The zero-order chi connectivity index (χ0) is 21.1. The van der Waals surface area contributed by atoms with E-state index in [0.717, 1.165) is 22.3 Å². The van der Waals surface area contributed by atoms with E-state index in [-0.39, 0.29) is 23.1 Å². The second-order valence-corrected chi connectivity index (χ2v) is 6.83. The van der Waals surface area contributed by atoms with E-state index in [0.29, 0.717) is 30.1 Å². The van der Waals surface area contributed by atoms with Crippen LogP contribution in [0.3, 0.4) is 0 Å². The summed E-state index contributed by atoms with van der Waals surface area (Å²) in [5, 5.41) is 2.98. The van der Waals surface area contributed by atoms with Gasteiger partial charge in [-0.15, -0.1) is 0 Å². The minimum atomic E-state index is -0.224. The van der Waals surface area contributed by atoms with Crippen LogP contribution in [-0.4, -0.2) is 40.4 Å². The summed E-state index contributed by atoms with van der Waals surface area (Å²) < 4.78 is 22.0. The van der Waals surface area contributed by atoms with Crippen LogP contribution in [-0.2, 0) is 17.6 Å². The first-order chi connectivity index (χ1) is 13.9. The molecule has 3 rings (SSSR count). The topological polar surface area (TPSA) is 83.1 Å². The summed E-state index contributed by atoms with van der Waals surface area (Å²) in [4.78, 5) is 24.3. The lowest BCUT2D eigenvalue weighted by Crippen LogP contribution is -2.36. The van der Waals surface area contributed by atoms with E-state index in [1.54, 1.807) is 33.5 Å². The van der Waals surface area contributed by atoms with E-state index >= 15 is 0 Å². The summed E-state index contributed by atoms with van der Waals surface area (Å²) in [7, 11) is 6.14. The Morgan fingerprint density at radius 3 is 2.14 bits per heavy atom. The maximum Gasteiger partial charge on any atom is 0.220 e. The van der Waals surface area contributed by atoms with Gasteiger partial charge in [0.25, 0.3) is 0 Å². The lowest BCUT2D eigenvalue weighted by atomic mass is 9.96. The van der Waals surface area contributed by atoms with Crippen LogP contribution in [0, 0.1) is 0 Å². The van der Waals surface area contributed by atoms with E-state index in [4.69, 9.17) is 18.9 Å². The molecule has 1 atom stereocenters. The largest absolute Gasteiger partial charge is 0.493 e. The third kappa shape index (κ3) is 3.85. The van der Waals surface area contributed by atoms with Gasteiger partial charge in [-0.3, -0.25) is 9.59 Å². The monoisotopic (exact) mass is 399 g/mol. The first-order valence-electron chi connectivity index (χ1n) is 9.24. The first-order valence-corrected chi connectivity index (χ1v) is 9.24. The highest BCUT2D eigenvalue weighted by molar-refractivity contribution is 5.83.